The standard InChI is InChI=1S/C13H20N2O2/c1-3-5-8-15-12-9-10(6-7-11(12)14)13(16)17-4-2/h6-7,9,15H,3-5,8,14H2,1-2H3. The summed E-state index contributed by atoms with van der Waals surface area (Å²) in [5, 5.41) is 3.22. The SMILES string of the molecule is CCCCNc1cc(C(=O)OCC)ccc1N. The van der Waals surface area contributed by atoms with Crippen molar-refractivity contribution >= 4 is 17.3 Å². The Morgan fingerprint density at radius 3 is 2.82 bits per heavy atom. The Hall–Kier alpha value is -1.71. The summed E-state index contributed by atoms with van der Waals surface area (Å²) in [5.41, 5.74) is 7.80. The number of ether oxygens (including phenoxy) is 1. The number of hydrogen-bond donors (Lipinski definition) is 2. The normalized spacial score (nSPS) is 10.0. The van der Waals surface area contributed by atoms with Crippen molar-refractivity contribution in [3.8, 4) is 0 Å². The lowest BCUT2D eigenvalue weighted by Gasteiger charge is -2.10. The van der Waals surface area contributed by atoms with Crippen LogP contribution in [-0.4, -0.2) is 19.1 Å². The monoisotopic (exact) mass is 236 g/mol. The quantitative estimate of drug-likeness (QED) is 0.453. The molecule has 0 aromatic heterocycles. The van der Waals surface area contributed by atoms with E-state index < -0.39 is 0 Å². The summed E-state index contributed by atoms with van der Waals surface area (Å²) in [5.74, 6) is -0.314. The first kappa shape index (κ1) is 13.4. The molecule has 0 heterocycles. The number of unbranched alkanes of at least 4 members (excludes halogenated alkanes) is 1. The molecule has 4 heteroatoms. The van der Waals surface area contributed by atoms with Gasteiger partial charge in [0, 0.05) is 6.54 Å². The van der Waals surface area contributed by atoms with Crippen molar-refractivity contribution in [1.82, 2.24) is 0 Å². The molecule has 94 valence electrons. The largest absolute Gasteiger partial charge is 0.462 e. The number of hydrogen-bond acceptors (Lipinski definition) is 4. The number of anilines is 2. The number of nitrogens with two attached hydrogens (primary N) is 1. The van der Waals surface area contributed by atoms with Crippen molar-refractivity contribution in [2.75, 3.05) is 24.2 Å². The van der Waals surface area contributed by atoms with Gasteiger partial charge in [0.15, 0.2) is 0 Å². The van der Waals surface area contributed by atoms with Gasteiger partial charge in [0.1, 0.15) is 0 Å². The molecule has 0 saturated heterocycles. The molecule has 0 radical (unpaired) electrons. The van der Waals surface area contributed by atoms with Gasteiger partial charge < -0.3 is 15.8 Å². The maximum atomic E-state index is 11.5. The van der Waals surface area contributed by atoms with Crippen molar-refractivity contribution in [2.45, 2.75) is 26.7 Å². The minimum atomic E-state index is -0.314. The van der Waals surface area contributed by atoms with E-state index in [9.17, 15) is 4.79 Å². The lowest BCUT2D eigenvalue weighted by atomic mass is 10.1. The summed E-state index contributed by atoms with van der Waals surface area (Å²) in [7, 11) is 0. The molecule has 0 spiro atoms. The average Bonchev–Trinajstić information content (AvgIpc) is 2.32. The fourth-order valence-electron chi connectivity index (χ4n) is 1.45. The molecule has 0 saturated carbocycles. The van der Waals surface area contributed by atoms with Crippen LogP contribution in [0.4, 0.5) is 11.4 Å². The lowest BCUT2D eigenvalue weighted by molar-refractivity contribution is 0.0526. The average molecular weight is 236 g/mol. The molecule has 1 aromatic carbocycles. The van der Waals surface area contributed by atoms with Crippen LogP contribution >= 0.6 is 0 Å². The molecule has 0 aliphatic rings. The summed E-state index contributed by atoms with van der Waals surface area (Å²) in [4.78, 5) is 11.5. The molecule has 0 amide bonds. The highest BCUT2D eigenvalue weighted by molar-refractivity contribution is 5.92. The van der Waals surface area contributed by atoms with Gasteiger partial charge in [0.05, 0.1) is 23.5 Å². The molecule has 0 fully saturated rings. The number of esters is 1. The second kappa shape index (κ2) is 6.78. The maximum Gasteiger partial charge on any atom is 0.338 e. The van der Waals surface area contributed by atoms with Gasteiger partial charge in [0.25, 0.3) is 0 Å². The van der Waals surface area contributed by atoms with Crippen molar-refractivity contribution in [2.24, 2.45) is 0 Å². The summed E-state index contributed by atoms with van der Waals surface area (Å²) in [6.45, 7) is 5.14. The first-order valence-corrected chi connectivity index (χ1v) is 5.99. The highest BCUT2D eigenvalue weighted by Crippen LogP contribution is 2.20. The number of nitrogen functional groups attached to an aromatic ring is 1. The molecule has 1 rings (SSSR count). The van der Waals surface area contributed by atoms with Crippen molar-refractivity contribution in [1.29, 1.82) is 0 Å². The smallest absolute Gasteiger partial charge is 0.338 e. The van der Waals surface area contributed by atoms with Crippen molar-refractivity contribution in [3.63, 3.8) is 0 Å². The van der Waals surface area contributed by atoms with Crippen LogP contribution in [0.2, 0.25) is 0 Å². The Bertz CT molecular complexity index is 378. The van der Waals surface area contributed by atoms with Crippen molar-refractivity contribution < 1.29 is 9.53 Å². The molecule has 0 aliphatic heterocycles. The van der Waals surface area contributed by atoms with E-state index in [1.807, 2.05) is 0 Å². The number of rotatable bonds is 6. The lowest BCUT2D eigenvalue weighted by Crippen LogP contribution is -2.08. The van der Waals surface area contributed by atoms with Crippen LogP contribution in [0.15, 0.2) is 18.2 Å². The van der Waals surface area contributed by atoms with Crippen LogP contribution in [0.1, 0.15) is 37.0 Å². The molecule has 0 atom stereocenters. The second-order valence-corrected chi connectivity index (χ2v) is 3.80. The molecule has 17 heavy (non-hydrogen) atoms. The van der Waals surface area contributed by atoms with Crippen LogP contribution < -0.4 is 11.1 Å². The fraction of sp³-hybridized carbons (Fsp3) is 0.462. The highest BCUT2D eigenvalue weighted by Gasteiger charge is 2.08. The Labute approximate surface area is 102 Å². The summed E-state index contributed by atoms with van der Waals surface area (Å²) in [6, 6.07) is 5.14. The Balaban J connectivity index is 2.75. The minimum Gasteiger partial charge on any atom is -0.462 e. The Morgan fingerprint density at radius 1 is 1.41 bits per heavy atom. The predicted octanol–water partition coefficient (Wildman–Crippen LogP) is 2.66. The van der Waals surface area contributed by atoms with Gasteiger partial charge in [-0.2, -0.15) is 0 Å². The van der Waals surface area contributed by atoms with E-state index in [0.29, 0.717) is 17.9 Å². The van der Waals surface area contributed by atoms with E-state index in [0.717, 1.165) is 25.1 Å². The van der Waals surface area contributed by atoms with Gasteiger partial charge in [-0.15, -0.1) is 0 Å². The van der Waals surface area contributed by atoms with Crippen LogP contribution in [0.25, 0.3) is 0 Å². The van der Waals surface area contributed by atoms with E-state index in [1.54, 1.807) is 25.1 Å². The van der Waals surface area contributed by atoms with Gasteiger partial charge in [-0.25, -0.2) is 4.79 Å². The Morgan fingerprint density at radius 2 is 2.18 bits per heavy atom. The van der Waals surface area contributed by atoms with Gasteiger partial charge >= 0.3 is 5.97 Å². The molecular formula is C13H20N2O2. The molecule has 0 aliphatic carbocycles. The van der Waals surface area contributed by atoms with Crippen LogP contribution in [0, 0.1) is 0 Å². The maximum absolute atomic E-state index is 11.5. The third kappa shape index (κ3) is 3.98. The van der Waals surface area contributed by atoms with Gasteiger partial charge in [-0.05, 0) is 31.5 Å². The molecule has 3 N–H and O–H groups in total. The molecule has 1 aromatic rings. The summed E-state index contributed by atoms with van der Waals surface area (Å²) < 4.78 is 4.94. The third-order valence-electron chi connectivity index (χ3n) is 2.41. The van der Waals surface area contributed by atoms with Crippen molar-refractivity contribution in [3.05, 3.63) is 23.8 Å². The van der Waals surface area contributed by atoms with E-state index in [2.05, 4.69) is 12.2 Å². The zero-order valence-electron chi connectivity index (χ0n) is 10.5. The number of carbonyl (C=O) groups is 1. The zero-order valence-corrected chi connectivity index (χ0v) is 10.5. The second-order valence-electron chi connectivity index (χ2n) is 3.80. The van der Waals surface area contributed by atoms with E-state index in [1.165, 1.54) is 0 Å². The number of benzene rings is 1. The summed E-state index contributed by atoms with van der Waals surface area (Å²) in [6.07, 6.45) is 2.19. The minimum absolute atomic E-state index is 0.314. The molecular weight excluding hydrogens is 216 g/mol. The van der Waals surface area contributed by atoms with E-state index in [4.69, 9.17) is 10.5 Å². The van der Waals surface area contributed by atoms with E-state index >= 15 is 0 Å². The molecule has 4 nitrogen and oxygen atoms in total. The van der Waals surface area contributed by atoms with Gasteiger partial charge in [-0.1, -0.05) is 13.3 Å². The highest BCUT2D eigenvalue weighted by atomic mass is 16.5. The van der Waals surface area contributed by atoms with Gasteiger partial charge in [-0.3, -0.25) is 0 Å². The molecule has 0 bridgehead atoms. The van der Waals surface area contributed by atoms with Crippen LogP contribution in [0.5, 0.6) is 0 Å². The van der Waals surface area contributed by atoms with E-state index in [-0.39, 0.29) is 5.97 Å². The summed E-state index contributed by atoms with van der Waals surface area (Å²) >= 11 is 0. The van der Waals surface area contributed by atoms with Gasteiger partial charge in [0.2, 0.25) is 0 Å². The van der Waals surface area contributed by atoms with Crippen LogP contribution in [0.3, 0.4) is 0 Å². The number of nitrogens with one attached hydrogen (secondary N) is 1. The zero-order chi connectivity index (χ0) is 12.7. The molecule has 0 unspecified atom stereocenters. The topological polar surface area (TPSA) is 64.3 Å². The third-order valence-corrected chi connectivity index (χ3v) is 2.41. The number of carbonyl (C=O) groups excluding carboxylic acids is 1. The Kier molecular flexibility index (Phi) is 5.33. The predicted molar refractivity (Wildman–Crippen MR) is 70.2 cm³/mol. The van der Waals surface area contributed by atoms with Crippen LogP contribution in [-0.2, 0) is 4.74 Å². The fourth-order valence-corrected chi connectivity index (χ4v) is 1.45. The first-order chi connectivity index (χ1) is 8.19. The first-order valence-electron chi connectivity index (χ1n) is 5.99.